The van der Waals surface area contributed by atoms with E-state index in [1.807, 2.05) is 0 Å². The number of hydrogen-bond donors (Lipinski definition) is 1. The summed E-state index contributed by atoms with van der Waals surface area (Å²) in [5.74, 6) is 0.257. The Labute approximate surface area is 156 Å². The molecular formula is C17H10BrFN2O3S. The Morgan fingerprint density at radius 2 is 2.08 bits per heavy atom. The van der Waals surface area contributed by atoms with Crippen LogP contribution in [0.15, 0.2) is 46.6 Å². The predicted octanol–water partition coefficient (Wildman–Crippen LogP) is 3.58. The van der Waals surface area contributed by atoms with E-state index < -0.39 is 11.7 Å². The van der Waals surface area contributed by atoms with E-state index in [4.69, 9.17) is 21.7 Å². The summed E-state index contributed by atoms with van der Waals surface area (Å²) in [5.41, 5.74) is 1.07. The van der Waals surface area contributed by atoms with Gasteiger partial charge in [0.05, 0.1) is 10.2 Å². The normalized spacial score (nSPS) is 17.4. The molecular weight excluding hydrogens is 411 g/mol. The lowest BCUT2D eigenvalue weighted by atomic mass is 10.1. The molecule has 0 atom stereocenters. The summed E-state index contributed by atoms with van der Waals surface area (Å²) in [7, 11) is 0. The molecule has 0 unspecified atom stereocenters. The van der Waals surface area contributed by atoms with Gasteiger partial charge in [-0.2, -0.15) is 0 Å². The summed E-state index contributed by atoms with van der Waals surface area (Å²) in [6.07, 6.45) is 1.63. The number of benzene rings is 2. The highest BCUT2D eigenvalue weighted by Crippen LogP contribution is 2.40. The van der Waals surface area contributed by atoms with Gasteiger partial charge in [-0.1, -0.05) is 12.1 Å². The Bertz CT molecular complexity index is 947. The Morgan fingerprint density at radius 3 is 2.88 bits per heavy atom. The molecule has 4 rings (SSSR count). The number of nitrogens with one attached hydrogen (secondary N) is 1. The molecule has 0 aromatic heterocycles. The molecule has 1 amide bonds. The lowest BCUT2D eigenvalue weighted by Crippen LogP contribution is -2.31. The van der Waals surface area contributed by atoms with Crippen LogP contribution in [-0.4, -0.2) is 17.8 Å². The number of carbonyl (C=O) groups is 1. The lowest BCUT2D eigenvalue weighted by Gasteiger charge is -2.14. The van der Waals surface area contributed by atoms with Crippen molar-refractivity contribution in [3.05, 3.63) is 57.9 Å². The lowest BCUT2D eigenvalue weighted by molar-refractivity contribution is -0.113. The number of fused-ring (bicyclic) bond motifs is 1. The van der Waals surface area contributed by atoms with Crippen molar-refractivity contribution in [2.45, 2.75) is 0 Å². The second kappa shape index (κ2) is 6.12. The first kappa shape index (κ1) is 16.0. The van der Waals surface area contributed by atoms with Crippen LogP contribution in [0, 0.1) is 5.82 Å². The zero-order chi connectivity index (χ0) is 17.6. The number of thiocarbonyl (C=S) groups is 1. The molecule has 1 saturated heterocycles. The van der Waals surface area contributed by atoms with Crippen molar-refractivity contribution in [2.75, 3.05) is 11.7 Å². The minimum atomic E-state index is -0.521. The molecule has 2 aromatic carbocycles. The highest BCUT2D eigenvalue weighted by molar-refractivity contribution is 9.10. The molecule has 1 fully saturated rings. The molecule has 2 aromatic rings. The van der Waals surface area contributed by atoms with Gasteiger partial charge in [-0.15, -0.1) is 0 Å². The fourth-order valence-electron chi connectivity index (χ4n) is 2.62. The van der Waals surface area contributed by atoms with Gasteiger partial charge >= 0.3 is 0 Å². The fraction of sp³-hybridized carbons (Fsp3) is 0.0588. The zero-order valence-corrected chi connectivity index (χ0v) is 15.0. The summed E-state index contributed by atoms with van der Waals surface area (Å²) >= 11 is 8.60. The van der Waals surface area contributed by atoms with Gasteiger partial charge in [0, 0.05) is 0 Å². The SMILES string of the molecule is O=C1/C(=C\c2cc(Br)c3c(c2)OCO3)NC(=S)N1c1ccccc1F. The Kier molecular flexibility index (Phi) is 3.93. The monoisotopic (exact) mass is 420 g/mol. The number of amides is 1. The first-order valence-electron chi connectivity index (χ1n) is 7.25. The van der Waals surface area contributed by atoms with Crippen LogP contribution in [0.5, 0.6) is 11.5 Å². The second-order valence-corrected chi connectivity index (χ2v) is 6.56. The highest BCUT2D eigenvalue weighted by atomic mass is 79.9. The molecule has 2 heterocycles. The molecule has 0 spiro atoms. The zero-order valence-electron chi connectivity index (χ0n) is 12.6. The van der Waals surface area contributed by atoms with Gasteiger partial charge in [-0.25, -0.2) is 9.29 Å². The molecule has 5 nitrogen and oxygen atoms in total. The van der Waals surface area contributed by atoms with E-state index in [1.165, 1.54) is 12.1 Å². The topological polar surface area (TPSA) is 50.8 Å². The average Bonchev–Trinajstić information content (AvgIpc) is 3.14. The van der Waals surface area contributed by atoms with Crippen LogP contribution in [0.25, 0.3) is 6.08 Å². The van der Waals surface area contributed by atoms with Crippen LogP contribution in [0.2, 0.25) is 0 Å². The molecule has 8 heteroatoms. The maximum atomic E-state index is 14.0. The average molecular weight is 421 g/mol. The molecule has 0 saturated carbocycles. The van der Waals surface area contributed by atoms with Gasteiger partial charge in [0.25, 0.3) is 5.91 Å². The van der Waals surface area contributed by atoms with Crippen molar-refractivity contribution in [2.24, 2.45) is 0 Å². The summed E-state index contributed by atoms with van der Waals surface area (Å²) in [6.45, 7) is 0.149. The molecule has 0 aliphatic carbocycles. The van der Waals surface area contributed by atoms with E-state index in [-0.39, 0.29) is 23.3 Å². The van der Waals surface area contributed by atoms with Gasteiger partial charge < -0.3 is 14.8 Å². The third kappa shape index (κ3) is 2.77. The standard InChI is InChI=1S/C17H10BrFN2O3S/c18-10-5-9(7-14-15(10)24-8-23-14)6-12-16(22)21(17(25)20-12)13-4-2-1-3-11(13)19/h1-7H,8H2,(H,20,25)/b12-6+. The molecule has 0 bridgehead atoms. The van der Waals surface area contributed by atoms with Gasteiger partial charge in [-0.3, -0.25) is 4.79 Å². The van der Waals surface area contributed by atoms with Crippen molar-refractivity contribution in [1.82, 2.24) is 5.32 Å². The van der Waals surface area contributed by atoms with E-state index in [9.17, 15) is 9.18 Å². The number of anilines is 1. The third-order valence-corrected chi connectivity index (χ3v) is 4.61. The molecule has 0 radical (unpaired) electrons. The molecule has 2 aliphatic heterocycles. The number of para-hydroxylation sites is 1. The van der Waals surface area contributed by atoms with E-state index >= 15 is 0 Å². The van der Waals surface area contributed by atoms with Gasteiger partial charge in [-0.05, 0) is 64.1 Å². The molecule has 25 heavy (non-hydrogen) atoms. The Hall–Kier alpha value is -2.45. The maximum absolute atomic E-state index is 14.0. The van der Waals surface area contributed by atoms with Gasteiger partial charge in [0.2, 0.25) is 6.79 Å². The van der Waals surface area contributed by atoms with Crippen molar-refractivity contribution >= 4 is 50.9 Å². The van der Waals surface area contributed by atoms with Crippen molar-refractivity contribution in [1.29, 1.82) is 0 Å². The number of nitrogens with zero attached hydrogens (tertiary/aromatic N) is 1. The Balaban J connectivity index is 1.70. The first-order valence-corrected chi connectivity index (χ1v) is 8.45. The minimum Gasteiger partial charge on any atom is -0.454 e. The summed E-state index contributed by atoms with van der Waals surface area (Å²) in [6, 6.07) is 9.53. The second-order valence-electron chi connectivity index (χ2n) is 5.32. The van der Waals surface area contributed by atoms with Gasteiger partial charge in [0.15, 0.2) is 16.6 Å². The smallest absolute Gasteiger partial charge is 0.281 e. The first-order chi connectivity index (χ1) is 12.0. The summed E-state index contributed by atoms with van der Waals surface area (Å²) in [4.78, 5) is 13.8. The van der Waals surface area contributed by atoms with Crippen LogP contribution in [0.3, 0.4) is 0 Å². The largest absolute Gasteiger partial charge is 0.454 e. The summed E-state index contributed by atoms with van der Waals surface area (Å²) in [5, 5.41) is 2.96. The van der Waals surface area contributed by atoms with E-state index in [2.05, 4.69) is 21.2 Å². The van der Waals surface area contributed by atoms with Crippen LogP contribution in [-0.2, 0) is 4.79 Å². The Morgan fingerprint density at radius 1 is 1.28 bits per heavy atom. The number of hydrogen-bond acceptors (Lipinski definition) is 4. The van der Waals surface area contributed by atoms with Crippen LogP contribution in [0.1, 0.15) is 5.56 Å². The van der Waals surface area contributed by atoms with Crippen LogP contribution >= 0.6 is 28.1 Å². The van der Waals surface area contributed by atoms with E-state index in [0.29, 0.717) is 21.5 Å². The van der Waals surface area contributed by atoms with Crippen molar-refractivity contribution in [3.8, 4) is 11.5 Å². The molecule has 126 valence electrons. The number of halogens is 2. The van der Waals surface area contributed by atoms with Crippen LogP contribution in [0.4, 0.5) is 10.1 Å². The van der Waals surface area contributed by atoms with Crippen LogP contribution < -0.4 is 19.7 Å². The molecule has 1 N–H and O–H groups in total. The summed E-state index contributed by atoms with van der Waals surface area (Å²) < 4.78 is 25.4. The van der Waals surface area contributed by atoms with Crippen molar-refractivity contribution in [3.63, 3.8) is 0 Å². The fourth-order valence-corrected chi connectivity index (χ4v) is 3.49. The van der Waals surface area contributed by atoms with Crippen molar-refractivity contribution < 1.29 is 18.7 Å². The van der Waals surface area contributed by atoms with Gasteiger partial charge in [0.1, 0.15) is 11.5 Å². The third-order valence-electron chi connectivity index (χ3n) is 3.73. The number of carbonyl (C=O) groups excluding carboxylic acids is 1. The number of rotatable bonds is 2. The minimum absolute atomic E-state index is 0.111. The predicted molar refractivity (Wildman–Crippen MR) is 97.9 cm³/mol. The quantitative estimate of drug-likeness (QED) is 0.594. The van der Waals surface area contributed by atoms with E-state index in [1.54, 1.807) is 30.3 Å². The van der Waals surface area contributed by atoms with E-state index in [0.717, 1.165) is 4.90 Å². The molecule has 2 aliphatic rings. The highest BCUT2D eigenvalue weighted by Gasteiger charge is 2.33. The number of ether oxygens (including phenoxy) is 2. The maximum Gasteiger partial charge on any atom is 0.281 e.